The normalized spacial score (nSPS) is 10.2. The molecule has 2 nitrogen and oxygen atoms in total. The van der Waals surface area contributed by atoms with Crippen molar-refractivity contribution in [3.8, 4) is 5.75 Å². The molecular formula is C14H10BrClO2. The highest BCUT2D eigenvalue weighted by Gasteiger charge is 2.13. The first-order valence-electron chi connectivity index (χ1n) is 5.25. The number of halogens is 2. The fraction of sp³-hybridized carbons (Fsp3) is 0.0714. The van der Waals surface area contributed by atoms with Crippen LogP contribution in [0, 0.1) is 0 Å². The summed E-state index contributed by atoms with van der Waals surface area (Å²) in [5.41, 5.74) is 1.16. The lowest BCUT2D eigenvalue weighted by Crippen LogP contribution is -2.02. The molecule has 2 aromatic carbocycles. The Balaban J connectivity index is 2.41. The van der Waals surface area contributed by atoms with Crippen LogP contribution in [0.3, 0.4) is 0 Å². The number of ether oxygens (including phenoxy) is 1. The maximum atomic E-state index is 12.3. The summed E-state index contributed by atoms with van der Waals surface area (Å²) >= 11 is 9.20. The van der Waals surface area contributed by atoms with E-state index in [4.69, 9.17) is 16.3 Å². The topological polar surface area (TPSA) is 26.3 Å². The van der Waals surface area contributed by atoms with Crippen molar-refractivity contribution in [1.82, 2.24) is 0 Å². The molecule has 0 bridgehead atoms. The van der Waals surface area contributed by atoms with E-state index in [0.717, 1.165) is 0 Å². The predicted octanol–water partition coefficient (Wildman–Crippen LogP) is 4.34. The number of methoxy groups -OCH3 is 1. The van der Waals surface area contributed by atoms with Gasteiger partial charge in [-0.25, -0.2) is 0 Å². The van der Waals surface area contributed by atoms with Crippen molar-refractivity contribution >= 4 is 33.3 Å². The van der Waals surface area contributed by atoms with Gasteiger partial charge in [0.1, 0.15) is 5.75 Å². The predicted molar refractivity (Wildman–Crippen MR) is 75.6 cm³/mol. The monoisotopic (exact) mass is 324 g/mol. The lowest BCUT2D eigenvalue weighted by Gasteiger charge is -2.06. The van der Waals surface area contributed by atoms with Gasteiger partial charge in [-0.2, -0.15) is 0 Å². The number of hydrogen-bond acceptors (Lipinski definition) is 2. The molecule has 0 aliphatic heterocycles. The van der Waals surface area contributed by atoms with E-state index in [1.807, 2.05) is 0 Å². The molecular weight excluding hydrogens is 316 g/mol. The van der Waals surface area contributed by atoms with Crippen LogP contribution >= 0.6 is 27.5 Å². The number of rotatable bonds is 3. The molecule has 92 valence electrons. The molecule has 0 aromatic heterocycles. The quantitative estimate of drug-likeness (QED) is 0.785. The number of benzene rings is 2. The molecule has 0 N–H and O–H groups in total. The molecule has 0 saturated carbocycles. The Morgan fingerprint density at radius 3 is 2.67 bits per heavy atom. The third-order valence-electron chi connectivity index (χ3n) is 2.51. The number of ketones is 1. The van der Waals surface area contributed by atoms with Crippen LogP contribution in [0.2, 0.25) is 5.02 Å². The zero-order valence-corrected chi connectivity index (χ0v) is 12.0. The molecule has 0 radical (unpaired) electrons. The van der Waals surface area contributed by atoms with E-state index in [1.165, 1.54) is 0 Å². The summed E-state index contributed by atoms with van der Waals surface area (Å²) in [5, 5.41) is 0.587. The van der Waals surface area contributed by atoms with Crippen LogP contribution in [0.25, 0.3) is 0 Å². The lowest BCUT2D eigenvalue weighted by atomic mass is 10.0. The van der Waals surface area contributed by atoms with Gasteiger partial charge in [0.05, 0.1) is 7.11 Å². The van der Waals surface area contributed by atoms with Gasteiger partial charge < -0.3 is 4.74 Å². The van der Waals surface area contributed by atoms with E-state index in [1.54, 1.807) is 49.6 Å². The molecule has 0 unspecified atom stereocenters. The maximum Gasteiger partial charge on any atom is 0.194 e. The second kappa shape index (κ2) is 5.55. The largest absolute Gasteiger partial charge is 0.497 e. The molecule has 2 aromatic rings. The summed E-state index contributed by atoms with van der Waals surface area (Å²) in [7, 11) is 1.57. The molecule has 0 spiro atoms. The lowest BCUT2D eigenvalue weighted by molar-refractivity contribution is 0.103. The van der Waals surface area contributed by atoms with Gasteiger partial charge in [0, 0.05) is 20.6 Å². The summed E-state index contributed by atoms with van der Waals surface area (Å²) in [6, 6.07) is 12.2. The Hall–Kier alpha value is -1.32. The van der Waals surface area contributed by atoms with Crippen molar-refractivity contribution in [2.45, 2.75) is 0 Å². The third-order valence-corrected chi connectivity index (χ3v) is 3.40. The first-order valence-corrected chi connectivity index (χ1v) is 6.42. The standard InChI is InChI=1S/C14H10BrClO2/c1-18-11-4-2-3-9(7-11)14(17)12-6-5-10(16)8-13(12)15/h2-8H,1H3. The van der Waals surface area contributed by atoms with Crippen molar-refractivity contribution in [1.29, 1.82) is 0 Å². The minimum absolute atomic E-state index is 0.0718. The number of hydrogen-bond donors (Lipinski definition) is 0. The minimum atomic E-state index is -0.0718. The van der Waals surface area contributed by atoms with E-state index in [0.29, 0.717) is 26.4 Å². The van der Waals surface area contributed by atoms with Crippen LogP contribution in [0.1, 0.15) is 15.9 Å². The summed E-state index contributed by atoms with van der Waals surface area (Å²) in [6.45, 7) is 0. The molecule has 0 heterocycles. The van der Waals surface area contributed by atoms with Crippen LogP contribution < -0.4 is 4.74 Å². The molecule has 0 aliphatic rings. The Labute approximate surface area is 119 Å². The summed E-state index contributed by atoms with van der Waals surface area (Å²) < 4.78 is 5.79. The van der Waals surface area contributed by atoms with Crippen LogP contribution in [0.5, 0.6) is 5.75 Å². The fourth-order valence-corrected chi connectivity index (χ4v) is 2.46. The molecule has 0 saturated heterocycles. The van der Waals surface area contributed by atoms with Gasteiger partial charge in [-0.15, -0.1) is 0 Å². The van der Waals surface area contributed by atoms with Crippen LogP contribution in [0.4, 0.5) is 0 Å². The van der Waals surface area contributed by atoms with Crippen LogP contribution in [0.15, 0.2) is 46.9 Å². The molecule has 18 heavy (non-hydrogen) atoms. The second-order valence-electron chi connectivity index (χ2n) is 3.69. The molecule has 0 amide bonds. The van der Waals surface area contributed by atoms with Crippen molar-refractivity contribution < 1.29 is 9.53 Å². The Bertz CT molecular complexity index is 596. The number of carbonyl (C=O) groups is 1. The second-order valence-corrected chi connectivity index (χ2v) is 4.98. The number of carbonyl (C=O) groups excluding carboxylic acids is 1. The van der Waals surface area contributed by atoms with Crippen LogP contribution in [-0.4, -0.2) is 12.9 Å². The molecule has 2 rings (SSSR count). The summed E-state index contributed by atoms with van der Waals surface area (Å²) in [4.78, 5) is 12.3. The Morgan fingerprint density at radius 2 is 2.00 bits per heavy atom. The van der Waals surface area contributed by atoms with Gasteiger partial charge in [-0.1, -0.05) is 23.7 Å². The maximum absolute atomic E-state index is 12.3. The SMILES string of the molecule is COc1cccc(C(=O)c2ccc(Cl)cc2Br)c1. The highest BCUT2D eigenvalue weighted by molar-refractivity contribution is 9.10. The summed E-state index contributed by atoms with van der Waals surface area (Å²) in [6.07, 6.45) is 0. The van der Waals surface area contributed by atoms with Gasteiger partial charge in [-0.05, 0) is 46.3 Å². The van der Waals surface area contributed by atoms with Crippen molar-refractivity contribution in [3.05, 3.63) is 63.1 Å². The Morgan fingerprint density at radius 1 is 1.22 bits per heavy atom. The van der Waals surface area contributed by atoms with E-state index in [2.05, 4.69) is 15.9 Å². The van der Waals surface area contributed by atoms with Gasteiger partial charge in [0.15, 0.2) is 5.78 Å². The molecule has 4 heteroatoms. The highest BCUT2D eigenvalue weighted by atomic mass is 79.9. The zero-order valence-electron chi connectivity index (χ0n) is 9.61. The van der Waals surface area contributed by atoms with Crippen molar-refractivity contribution in [2.24, 2.45) is 0 Å². The average molecular weight is 326 g/mol. The van der Waals surface area contributed by atoms with Crippen molar-refractivity contribution in [2.75, 3.05) is 7.11 Å². The van der Waals surface area contributed by atoms with E-state index in [-0.39, 0.29) is 5.78 Å². The highest BCUT2D eigenvalue weighted by Crippen LogP contribution is 2.25. The zero-order chi connectivity index (χ0) is 13.1. The first kappa shape index (κ1) is 13.1. The van der Waals surface area contributed by atoms with E-state index < -0.39 is 0 Å². The van der Waals surface area contributed by atoms with Crippen LogP contribution in [-0.2, 0) is 0 Å². The first-order chi connectivity index (χ1) is 8.61. The smallest absolute Gasteiger partial charge is 0.194 e. The summed E-state index contributed by atoms with van der Waals surface area (Å²) in [5.74, 6) is 0.586. The van der Waals surface area contributed by atoms with Gasteiger partial charge >= 0.3 is 0 Å². The van der Waals surface area contributed by atoms with E-state index in [9.17, 15) is 4.79 Å². The molecule has 0 atom stereocenters. The molecule has 0 aliphatic carbocycles. The van der Waals surface area contributed by atoms with Gasteiger partial charge in [0.25, 0.3) is 0 Å². The van der Waals surface area contributed by atoms with E-state index >= 15 is 0 Å². The van der Waals surface area contributed by atoms with Crippen molar-refractivity contribution in [3.63, 3.8) is 0 Å². The Kier molecular flexibility index (Phi) is 4.04. The van der Waals surface area contributed by atoms with Gasteiger partial charge in [-0.3, -0.25) is 4.79 Å². The average Bonchev–Trinajstić information content (AvgIpc) is 2.38. The fourth-order valence-electron chi connectivity index (χ4n) is 1.59. The molecule has 0 fully saturated rings. The van der Waals surface area contributed by atoms with Gasteiger partial charge in [0.2, 0.25) is 0 Å². The third kappa shape index (κ3) is 2.74. The minimum Gasteiger partial charge on any atom is -0.497 e.